The van der Waals surface area contributed by atoms with Crippen molar-refractivity contribution in [1.82, 2.24) is 19.8 Å². The van der Waals surface area contributed by atoms with Gasteiger partial charge in [-0.25, -0.2) is 4.98 Å². The minimum absolute atomic E-state index is 0.122. The Labute approximate surface area is 135 Å². The van der Waals surface area contributed by atoms with Gasteiger partial charge in [0, 0.05) is 48.1 Å². The third-order valence-electron chi connectivity index (χ3n) is 4.57. The molecule has 1 saturated heterocycles. The number of hydrogen-bond donors (Lipinski definition) is 1. The number of aromatic nitrogens is 2. The molecule has 118 valence electrons. The molecule has 0 bridgehead atoms. The molecule has 0 spiro atoms. The van der Waals surface area contributed by atoms with Crippen LogP contribution >= 0.6 is 11.3 Å². The second kappa shape index (κ2) is 5.85. The summed E-state index contributed by atoms with van der Waals surface area (Å²) >= 11 is 1.58. The average molecular weight is 318 g/mol. The summed E-state index contributed by atoms with van der Waals surface area (Å²) in [6.45, 7) is 9.86. The molecule has 0 aliphatic carbocycles. The fourth-order valence-corrected chi connectivity index (χ4v) is 3.85. The molecular formula is C16H22N4OS. The molecular weight excluding hydrogens is 296 g/mol. The quantitative estimate of drug-likeness (QED) is 0.925. The van der Waals surface area contributed by atoms with Gasteiger partial charge in [0.25, 0.3) is 5.91 Å². The number of aryl methyl sites for hydroxylation is 1. The van der Waals surface area contributed by atoms with Crippen LogP contribution in [0.2, 0.25) is 0 Å². The summed E-state index contributed by atoms with van der Waals surface area (Å²) in [7, 11) is 0. The average Bonchev–Trinajstić information content (AvgIpc) is 3.09. The van der Waals surface area contributed by atoms with Crippen LogP contribution < -0.4 is 5.32 Å². The van der Waals surface area contributed by atoms with Gasteiger partial charge in [-0.15, -0.1) is 11.3 Å². The minimum Gasteiger partial charge on any atom is -0.333 e. The molecule has 1 fully saturated rings. The van der Waals surface area contributed by atoms with E-state index in [1.807, 2.05) is 30.2 Å². The lowest BCUT2D eigenvalue weighted by Crippen LogP contribution is -2.57. The Balaban J connectivity index is 1.95. The standard InChI is InChI=1S/C16H22N4OS/c1-10-9-14(13(4)20(10)16-18-6-8-22-16)15(21)19-7-5-17-11(2)12(19)3/h6,8-9,11-12,17H,5,7H2,1-4H3. The summed E-state index contributed by atoms with van der Waals surface area (Å²) in [5.74, 6) is 0.122. The fourth-order valence-electron chi connectivity index (χ4n) is 3.10. The zero-order chi connectivity index (χ0) is 15.9. The van der Waals surface area contributed by atoms with Crippen molar-refractivity contribution in [3.8, 4) is 5.13 Å². The summed E-state index contributed by atoms with van der Waals surface area (Å²) in [5.41, 5.74) is 2.80. The molecule has 1 N–H and O–H groups in total. The lowest BCUT2D eigenvalue weighted by atomic mass is 10.1. The number of piperazine rings is 1. The van der Waals surface area contributed by atoms with Crippen molar-refractivity contribution >= 4 is 17.2 Å². The molecule has 1 aliphatic rings. The third kappa shape index (κ3) is 2.46. The number of hydrogen-bond acceptors (Lipinski definition) is 4. The number of carbonyl (C=O) groups excluding carboxylic acids is 1. The van der Waals surface area contributed by atoms with Crippen molar-refractivity contribution in [2.24, 2.45) is 0 Å². The van der Waals surface area contributed by atoms with Crippen LogP contribution in [0.3, 0.4) is 0 Å². The molecule has 3 heterocycles. The van der Waals surface area contributed by atoms with Crippen LogP contribution in [0.1, 0.15) is 35.6 Å². The van der Waals surface area contributed by atoms with E-state index in [-0.39, 0.29) is 11.9 Å². The van der Waals surface area contributed by atoms with Crippen LogP contribution in [-0.4, -0.2) is 45.5 Å². The number of nitrogens with zero attached hydrogens (tertiary/aromatic N) is 3. The lowest BCUT2D eigenvalue weighted by Gasteiger charge is -2.38. The maximum Gasteiger partial charge on any atom is 0.256 e. The van der Waals surface area contributed by atoms with Crippen molar-refractivity contribution in [1.29, 1.82) is 0 Å². The number of rotatable bonds is 2. The monoisotopic (exact) mass is 318 g/mol. The maximum absolute atomic E-state index is 13.0. The van der Waals surface area contributed by atoms with E-state index in [4.69, 9.17) is 0 Å². The first-order valence-corrected chi connectivity index (χ1v) is 8.52. The molecule has 1 amide bonds. The summed E-state index contributed by atoms with van der Waals surface area (Å²) in [4.78, 5) is 19.3. The second-order valence-electron chi connectivity index (χ2n) is 5.92. The first kappa shape index (κ1) is 15.2. The fraction of sp³-hybridized carbons (Fsp3) is 0.500. The molecule has 5 nitrogen and oxygen atoms in total. The zero-order valence-electron chi connectivity index (χ0n) is 13.5. The van der Waals surface area contributed by atoms with Gasteiger partial charge in [0.15, 0.2) is 5.13 Å². The van der Waals surface area contributed by atoms with Crippen LogP contribution in [0.4, 0.5) is 0 Å². The number of carbonyl (C=O) groups is 1. The van der Waals surface area contributed by atoms with Crippen molar-refractivity contribution in [3.05, 3.63) is 34.6 Å². The van der Waals surface area contributed by atoms with Crippen LogP contribution in [0.15, 0.2) is 17.6 Å². The summed E-state index contributed by atoms with van der Waals surface area (Å²) in [5, 5.41) is 6.28. The molecule has 2 aromatic rings. The van der Waals surface area contributed by atoms with Gasteiger partial charge >= 0.3 is 0 Å². The van der Waals surface area contributed by atoms with Crippen LogP contribution in [-0.2, 0) is 0 Å². The van der Waals surface area contributed by atoms with Crippen molar-refractivity contribution < 1.29 is 4.79 Å². The van der Waals surface area contributed by atoms with E-state index >= 15 is 0 Å². The van der Waals surface area contributed by atoms with Gasteiger partial charge in [-0.2, -0.15) is 0 Å². The van der Waals surface area contributed by atoms with Crippen LogP contribution in [0.5, 0.6) is 0 Å². The Bertz CT molecular complexity index is 677. The Morgan fingerprint density at radius 1 is 1.41 bits per heavy atom. The van der Waals surface area contributed by atoms with Gasteiger partial charge in [-0.05, 0) is 33.8 Å². The topological polar surface area (TPSA) is 50.2 Å². The highest BCUT2D eigenvalue weighted by molar-refractivity contribution is 7.12. The predicted octanol–water partition coefficient (Wildman–Crippen LogP) is 2.37. The minimum atomic E-state index is 0.122. The van der Waals surface area contributed by atoms with E-state index in [0.29, 0.717) is 6.04 Å². The molecule has 2 aromatic heterocycles. The highest BCUT2D eigenvalue weighted by Gasteiger charge is 2.30. The van der Waals surface area contributed by atoms with E-state index in [1.54, 1.807) is 17.5 Å². The molecule has 3 rings (SSSR count). The maximum atomic E-state index is 13.0. The smallest absolute Gasteiger partial charge is 0.256 e. The van der Waals surface area contributed by atoms with Gasteiger partial charge in [-0.1, -0.05) is 0 Å². The first-order chi connectivity index (χ1) is 10.5. The second-order valence-corrected chi connectivity index (χ2v) is 6.79. The Morgan fingerprint density at radius 3 is 2.86 bits per heavy atom. The van der Waals surface area contributed by atoms with E-state index in [0.717, 1.165) is 35.2 Å². The van der Waals surface area contributed by atoms with E-state index in [9.17, 15) is 4.79 Å². The van der Waals surface area contributed by atoms with Crippen molar-refractivity contribution in [2.75, 3.05) is 13.1 Å². The van der Waals surface area contributed by atoms with Gasteiger partial charge in [-0.3, -0.25) is 9.36 Å². The SMILES string of the molecule is Cc1cc(C(=O)N2CCNC(C)C2C)c(C)n1-c1nccs1. The van der Waals surface area contributed by atoms with Crippen molar-refractivity contribution in [2.45, 2.75) is 39.8 Å². The number of nitrogens with one attached hydrogen (secondary N) is 1. The van der Waals surface area contributed by atoms with E-state index < -0.39 is 0 Å². The Hall–Kier alpha value is -1.66. The lowest BCUT2D eigenvalue weighted by molar-refractivity contribution is 0.0602. The van der Waals surface area contributed by atoms with E-state index in [1.165, 1.54) is 0 Å². The molecule has 0 radical (unpaired) electrons. The Kier molecular flexibility index (Phi) is 4.06. The molecule has 2 unspecified atom stereocenters. The normalized spacial score (nSPS) is 22.1. The first-order valence-electron chi connectivity index (χ1n) is 7.64. The van der Waals surface area contributed by atoms with Gasteiger partial charge in [0.1, 0.15) is 0 Å². The predicted molar refractivity (Wildman–Crippen MR) is 88.9 cm³/mol. The van der Waals surface area contributed by atoms with Gasteiger partial charge in [0.05, 0.1) is 5.56 Å². The van der Waals surface area contributed by atoms with Gasteiger partial charge in [0.2, 0.25) is 0 Å². The highest BCUT2D eigenvalue weighted by atomic mass is 32.1. The van der Waals surface area contributed by atoms with E-state index in [2.05, 4.69) is 28.7 Å². The highest BCUT2D eigenvalue weighted by Crippen LogP contribution is 2.24. The third-order valence-corrected chi connectivity index (χ3v) is 5.32. The number of thiazole rings is 1. The molecule has 22 heavy (non-hydrogen) atoms. The summed E-state index contributed by atoms with van der Waals surface area (Å²) in [6, 6.07) is 2.50. The molecule has 0 aromatic carbocycles. The zero-order valence-corrected chi connectivity index (χ0v) is 14.3. The molecule has 0 saturated carbocycles. The largest absolute Gasteiger partial charge is 0.333 e. The number of amides is 1. The van der Waals surface area contributed by atoms with Crippen molar-refractivity contribution in [3.63, 3.8) is 0 Å². The molecule has 6 heteroatoms. The summed E-state index contributed by atoms with van der Waals surface area (Å²) in [6.07, 6.45) is 1.79. The van der Waals surface area contributed by atoms with Crippen LogP contribution in [0.25, 0.3) is 5.13 Å². The molecule has 1 aliphatic heterocycles. The Morgan fingerprint density at radius 2 is 2.18 bits per heavy atom. The van der Waals surface area contributed by atoms with Gasteiger partial charge < -0.3 is 10.2 Å². The summed E-state index contributed by atoms with van der Waals surface area (Å²) < 4.78 is 2.06. The van der Waals surface area contributed by atoms with Crippen LogP contribution in [0, 0.1) is 13.8 Å². The molecule has 2 atom stereocenters.